The largest absolute Gasteiger partial charge is 0.479 e. The molecular formula is C10H9BrINO2. The van der Waals surface area contributed by atoms with Crippen LogP contribution in [0.15, 0.2) is 35.3 Å². The first-order valence-electron chi connectivity index (χ1n) is 4.11. The third kappa shape index (κ3) is 3.49. The highest BCUT2D eigenvalue weighted by Crippen LogP contribution is 2.25. The highest BCUT2D eigenvalue weighted by atomic mass is 127. The number of hydrogen-bond donors (Lipinski definition) is 2. The maximum absolute atomic E-state index is 10.8. The Kier molecular flexibility index (Phi) is 4.59. The number of aliphatic carboxylic acids is 1. The lowest BCUT2D eigenvalue weighted by molar-refractivity contribution is -0.136. The molecule has 1 unspecified atom stereocenters. The topological polar surface area (TPSA) is 49.3 Å². The van der Waals surface area contributed by atoms with Gasteiger partial charge < -0.3 is 10.4 Å². The number of halogens is 2. The Bertz CT molecular complexity index is 395. The Hall–Kier alpha value is -0.560. The predicted octanol–water partition coefficient (Wildman–Crippen LogP) is 3.10. The number of anilines is 1. The lowest BCUT2D eigenvalue weighted by Gasteiger charge is -2.13. The number of carboxylic acids is 1. The van der Waals surface area contributed by atoms with Gasteiger partial charge in [-0.15, -0.1) is 6.58 Å². The molecule has 0 aliphatic rings. The van der Waals surface area contributed by atoms with Crippen LogP contribution in [0.25, 0.3) is 0 Å². The summed E-state index contributed by atoms with van der Waals surface area (Å²) in [5, 5.41) is 11.7. The molecule has 1 atom stereocenters. The smallest absolute Gasteiger partial charge is 0.330 e. The van der Waals surface area contributed by atoms with Crippen molar-refractivity contribution in [1.82, 2.24) is 0 Å². The zero-order valence-corrected chi connectivity index (χ0v) is 11.4. The molecule has 80 valence electrons. The molecule has 2 N–H and O–H groups in total. The molecular weight excluding hydrogens is 373 g/mol. The fourth-order valence-electron chi connectivity index (χ4n) is 0.997. The van der Waals surface area contributed by atoms with E-state index in [9.17, 15) is 4.79 Å². The summed E-state index contributed by atoms with van der Waals surface area (Å²) < 4.78 is 1.86. The number of carbonyl (C=O) groups is 1. The van der Waals surface area contributed by atoms with Gasteiger partial charge in [0.2, 0.25) is 0 Å². The number of rotatable bonds is 4. The quantitative estimate of drug-likeness (QED) is 0.622. The monoisotopic (exact) mass is 381 g/mol. The van der Waals surface area contributed by atoms with E-state index < -0.39 is 12.0 Å². The first kappa shape index (κ1) is 12.5. The zero-order valence-electron chi connectivity index (χ0n) is 7.71. The van der Waals surface area contributed by atoms with Gasteiger partial charge >= 0.3 is 5.97 Å². The molecule has 1 aromatic rings. The molecule has 0 radical (unpaired) electrons. The lowest BCUT2D eigenvalue weighted by Crippen LogP contribution is -2.26. The van der Waals surface area contributed by atoms with Crippen LogP contribution >= 0.6 is 38.5 Å². The van der Waals surface area contributed by atoms with E-state index in [0.717, 1.165) is 13.7 Å². The van der Waals surface area contributed by atoms with E-state index in [4.69, 9.17) is 5.11 Å². The Morgan fingerprint density at radius 3 is 2.87 bits per heavy atom. The molecule has 1 aromatic carbocycles. The molecule has 0 heterocycles. The zero-order chi connectivity index (χ0) is 11.4. The van der Waals surface area contributed by atoms with E-state index >= 15 is 0 Å². The van der Waals surface area contributed by atoms with E-state index in [1.54, 1.807) is 0 Å². The normalized spacial score (nSPS) is 11.9. The lowest BCUT2D eigenvalue weighted by atomic mass is 10.2. The van der Waals surface area contributed by atoms with Crippen molar-refractivity contribution < 1.29 is 9.90 Å². The van der Waals surface area contributed by atoms with Crippen LogP contribution in [0.1, 0.15) is 0 Å². The second-order valence-electron chi connectivity index (χ2n) is 2.82. The third-order valence-corrected chi connectivity index (χ3v) is 3.10. The summed E-state index contributed by atoms with van der Waals surface area (Å²) in [5.41, 5.74) is 0.745. The van der Waals surface area contributed by atoms with Gasteiger partial charge in [0, 0.05) is 8.04 Å². The van der Waals surface area contributed by atoms with Crippen molar-refractivity contribution in [2.24, 2.45) is 0 Å². The molecule has 0 aromatic heterocycles. The second-order valence-corrected chi connectivity index (χ2v) is 4.92. The Morgan fingerprint density at radius 2 is 2.33 bits per heavy atom. The van der Waals surface area contributed by atoms with Crippen LogP contribution in [0.2, 0.25) is 0 Å². The Morgan fingerprint density at radius 1 is 1.67 bits per heavy atom. The standard InChI is InChI=1S/C10H9BrINO2/c1-2-8(10(14)15)13-9-5-6(12)3-4-7(9)11/h2-5,8,13H,1H2,(H,14,15). The molecule has 0 aliphatic carbocycles. The molecule has 0 saturated carbocycles. The molecule has 0 fully saturated rings. The highest BCUT2D eigenvalue weighted by molar-refractivity contribution is 14.1. The molecule has 5 heteroatoms. The summed E-state index contributed by atoms with van der Waals surface area (Å²) in [6.45, 7) is 3.47. The summed E-state index contributed by atoms with van der Waals surface area (Å²) in [6.07, 6.45) is 1.36. The van der Waals surface area contributed by atoms with Gasteiger partial charge in [0.25, 0.3) is 0 Å². The number of nitrogens with one attached hydrogen (secondary N) is 1. The number of hydrogen-bond acceptors (Lipinski definition) is 2. The van der Waals surface area contributed by atoms with Gasteiger partial charge in [0.05, 0.1) is 5.69 Å². The molecule has 0 bridgehead atoms. The Labute approximate surface area is 110 Å². The van der Waals surface area contributed by atoms with Crippen LogP contribution in [0.5, 0.6) is 0 Å². The molecule has 0 amide bonds. The van der Waals surface area contributed by atoms with Gasteiger partial charge in [-0.25, -0.2) is 4.79 Å². The minimum atomic E-state index is -0.948. The van der Waals surface area contributed by atoms with Crippen molar-refractivity contribution in [1.29, 1.82) is 0 Å². The number of benzene rings is 1. The van der Waals surface area contributed by atoms with Crippen LogP contribution in [0.3, 0.4) is 0 Å². The fraction of sp³-hybridized carbons (Fsp3) is 0.100. The van der Waals surface area contributed by atoms with Crippen LogP contribution < -0.4 is 5.32 Å². The van der Waals surface area contributed by atoms with Gasteiger partial charge in [-0.1, -0.05) is 6.08 Å². The van der Waals surface area contributed by atoms with Gasteiger partial charge in [-0.3, -0.25) is 0 Å². The van der Waals surface area contributed by atoms with Gasteiger partial charge in [-0.05, 0) is 56.7 Å². The van der Waals surface area contributed by atoms with E-state index in [1.807, 2.05) is 18.2 Å². The van der Waals surface area contributed by atoms with Gasteiger partial charge in [-0.2, -0.15) is 0 Å². The van der Waals surface area contributed by atoms with E-state index in [1.165, 1.54) is 6.08 Å². The van der Waals surface area contributed by atoms with Crippen molar-refractivity contribution in [3.63, 3.8) is 0 Å². The van der Waals surface area contributed by atoms with Crippen LogP contribution in [0, 0.1) is 3.57 Å². The van der Waals surface area contributed by atoms with E-state index in [0.29, 0.717) is 0 Å². The molecule has 15 heavy (non-hydrogen) atoms. The molecule has 0 spiro atoms. The minimum absolute atomic E-state index is 0.745. The predicted molar refractivity (Wildman–Crippen MR) is 72.1 cm³/mol. The summed E-state index contributed by atoms with van der Waals surface area (Å²) in [4.78, 5) is 10.8. The summed E-state index contributed by atoms with van der Waals surface area (Å²) in [5.74, 6) is -0.948. The van der Waals surface area contributed by atoms with Crippen LogP contribution in [0.4, 0.5) is 5.69 Å². The van der Waals surface area contributed by atoms with Crippen molar-refractivity contribution in [3.05, 3.63) is 38.9 Å². The van der Waals surface area contributed by atoms with Crippen LogP contribution in [-0.4, -0.2) is 17.1 Å². The maximum Gasteiger partial charge on any atom is 0.330 e. The van der Waals surface area contributed by atoms with E-state index in [-0.39, 0.29) is 0 Å². The van der Waals surface area contributed by atoms with Gasteiger partial charge in [0.15, 0.2) is 0 Å². The molecule has 0 aliphatic heterocycles. The summed E-state index contributed by atoms with van der Waals surface area (Å²) in [7, 11) is 0. The van der Waals surface area contributed by atoms with Crippen molar-refractivity contribution in [3.8, 4) is 0 Å². The number of carboxylic acid groups (broad SMARTS) is 1. The van der Waals surface area contributed by atoms with Crippen molar-refractivity contribution in [2.75, 3.05) is 5.32 Å². The third-order valence-electron chi connectivity index (χ3n) is 1.74. The highest BCUT2D eigenvalue weighted by Gasteiger charge is 2.13. The SMILES string of the molecule is C=CC(Nc1cc(I)ccc1Br)C(=O)O. The molecule has 3 nitrogen and oxygen atoms in total. The van der Waals surface area contributed by atoms with Crippen molar-refractivity contribution in [2.45, 2.75) is 6.04 Å². The minimum Gasteiger partial charge on any atom is -0.479 e. The fourth-order valence-corrected chi connectivity index (χ4v) is 1.85. The molecule has 0 saturated heterocycles. The Balaban J connectivity index is 2.92. The summed E-state index contributed by atoms with van der Waals surface area (Å²) in [6, 6.07) is 4.88. The van der Waals surface area contributed by atoms with Gasteiger partial charge in [0.1, 0.15) is 6.04 Å². The first-order valence-corrected chi connectivity index (χ1v) is 5.98. The van der Waals surface area contributed by atoms with Crippen LogP contribution in [-0.2, 0) is 4.79 Å². The first-order chi connectivity index (χ1) is 7.04. The summed E-state index contributed by atoms with van der Waals surface area (Å²) >= 11 is 5.51. The second kappa shape index (κ2) is 5.50. The average Bonchev–Trinajstić information content (AvgIpc) is 2.18. The molecule has 1 rings (SSSR count). The van der Waals surface area contributed by atoms with E-state index in [2.05, 4.69) is 50.4 Å². The maximum atomic E-state index is 10.8. The van der Waals surface area contributed by atoms with Crippen molar-refractivity contribution >= 4 is 50.2 Å². The average molecular weight is 382 g/mol.